The number of nitrogens with zero attached hydrogens (tertiary/aromatic N) is 1. The lowest BCUT2D eigenvalue weighted by Gasteiger charge is -2.33. The van der Waals surface area contributed by atoms with Gasteiger partial charge < -0.3 is 19.8 Å². The molecular formula is C18H22N2O4. The summed E-state index contributed by atoms with van der Waals surface area (Å²) in [5, 5.41) is 0.844. The molecule has 1 aliphatic rings. The van der Waals surface area contributed by atoms with Crippen LogP contribution in [-0.4, -0.2) is 35.9 Å². The number of furan rings is 1. The van der Waals surface area contributed by atoms with Gasteiger partial charge in [0, 0.05) is 17.5 Å². The van der Waals surface area contributed by atoms with E-state index >= 15 is 0 Å². The number of aryl methyl sites for hydroxylation is 1. The highest BCUT2D eigenvalue weighted by Gasteiger charge is 2.33. The molecule has 2 amide bonds. The number of hydrogen-bond acceptors (Lipinski definition) is 4. The molecule has 3 rings (SSSR count). The van der Waals surface area contributed by atoms with E-state index in [0.29, 0.717) is 25.2 Å². The summed E-state index contributed by atoms with van der Waals surface area (Å²) in [5.74, 6) is 0.272. The minimum Gasteiger partial charge on any atom is -0.494 e. The average Bonchev–Trinajstić information content (AvgIpc) is 2.91. The fourth-order valence-electron chi connectivity index (χ4n) is 3.26. The monoisotopic (exact) mass is 330 g/mol. The maximum absolute atomic E-state index is 12.9. The van der Waals surface area contributed by atoms with Crippen molar-refractivity contribution in [1.82, 2.24) is 4.90 Å². The van der Waals surface area contributed by atoms with Crippen molar-refractivity contribution in [1.29, 1.82) is 0 Å². The van der Waals surface area contributed by atoms with Crippen molar-refractivity contribution in [3.05, 3.63) is 29.5 Å². The first-order chi connectivity index (χ1) is 11.5. The van der Waals surface area contributed by atoms with Crippen molar-refractivity contribution in [2.45, 2.75) is 39.2 Å². The van der Waals surface area contributed by atoms with Gasteiger partial charge in [-0.2, -0.15) is 0 Å². The number of piperidine rings is 1. The van der Waals surface area contributed by atoms with Gasteiger partial charge in [-0.05, 0) is 51.3 Å². The Labute approximate surface area is 140 Å². The molecule has 2 N–H and O–H groups in total. The molecule has 1 fully saturated rings. The first-order valence-corrected chi connectivity index (χ1v) is 8.29. The van der Waals surface area contributed by atoms with Gasteiger partial charge in [-0.15, -0.1) is 0 Å². The third-order valence-corrected chi connectivity index (χ3v) is 4.50. The van der Waals surface area contributed by atoms with Crippen LogP contribution in [0.5, 0.6) is 5.75 Å². The number of benzene rings is 1. The van der Waals surface area contributed by atoms with Gasteiger partial charge in [0.05, 0.1) is 6.61 Å². The molecule has 128 valence electrons. The predicted octanol–water partition coefficient (Wildman–Crippen LogP) is 2.62. The zero-order chi connectivity index (χ0) is 17.3. The number of hydrogen-bond donors (Lipinski definition) is 1. The molecule has 0 saturated carbocycles. The number of rotatable bonds is 4. The summed E-state index contributed by atoms with van der Waals surface area (Å²) in [4.78, 5) is 26.1. The summed E-state index contributed by atoms with van der Waals surface area (Å²) in [5.41, 5.74) is 6.85. The third kappa shape index (κ3) is 2.84. The number of carbonyl (C=O) groups excluding carboxylic acids is 2. The van der Waals surface area contributed by atoms with Crippen molar-refractivity contribution >= 4 is 22.8 Å². The van der Waals surface area contributed by atoms with Crippen molar-refractivity contribution in [3.63, 3.8) is 0 Å². The summed E-state index contributed by atoms with van der Waals surface area (Å²) in [6.07, 6.45) is 2.37. The highest BCUT2D eigenvalue weighted by Crippen LogP contribution is 2.31. The summed E-state index contributed by atoms with van der Waals surface area (Å²) in [6, 6.07) is 4.93. The molecule has 1 aromatic carbocycles. The van der Waals surface area contributed by atoms with Gasteiger partial charge in [-0.3, -0.25) is 9.59 Å². The van der Waals surface area contributed by atoms with Crippen LogP contribution in [0.15, 0.2) is 22.6 Å². The molecule has 0 bridgehead atoms. The highest BCUT2D eigenvalue weighted by molar-refractivity contribution is 6.01. The van der Waals surface area contributed by atoms with Crippen molar-refractivity contribution in [2.75, 3.05) is 13.2 Å². The van der Waals surface area contributed by atoms with E-state index in [1.807, 2.05) is 26.0 Å². The van der Waals surface area contributed by atoms with Crippen molar-refractivity contribution in [2.24, 2.45) is 5.73 Å². The molecule has 0 radical (unpaired) electrons. The Kier molecular flexibility index (Phi) is 4.46. The molecule has 2 aromatic rings. The lowest BCUT2D eigenvalue weighted by molar-refractivity contribution is -0.123. The van der Waals surface area contributed by atoms with Crippen LogP contribution in [0.3, 0.4) is 0 Å². The molecule has 0 spiro atoms. The standard InChI is InChI=1S/C18H22N2O4/c1-3-23-12-7-8-15-13(10-12)11(2)16(24-15)18(22)20-9-5-4-6-14(20)17(19)21/h7-8,10,14H,3-6,9H2,1-2H3,(H2,19,21)/t14-/m0/s1. The lowest BCUT2D eigenvalue weighted by Crippen LogP contribution is -2.50. The van der Waals surface area contributed by atoms with E-state index in [-0.39, 0.29) is 11.7 Å². The van der Waals surface area contributed by atoms with Gasteiger partial charge in [0.2, 0.25) is 5.91 Å². The number of nitrogens with two attached hydrogens (primary N) is 1. The second-order valence-electron chi connectivity index (χ2n) is 6.06. The van der Waals surface area contributed by atoms with Gasteiger partial charge in [0.25, 0.3) is 5.91 Å². The maximum atomic E-state index is 12.9. The van der Waals surface area contributed by atoms with Crippen LogP contribution in [0.4, 0.5) is 0 Å². The van der Waals surface area contributed by atoms with E-state index in [9.17, 15) is 9.59 Å². The van der Waals surface area contributed by atoms with Gasteiger partial charge in [0.1, 0.15) is 17.4 Å². The molecule has 1 atom stereocenters. The van der Waals surface area contributed by atoms with E-state index in [2.05, 4.69) is 0 Å². The van der Waals surface area contributed by atoms with Crippen LogP contribution >= 0.6 is 0 Å². The van der Waals surface area contributed by atoms with Crippen LogP contribution in [0, 0.1) is 6.92 Å². The SMILES string of the molecule is CCOc1ccc2oc(C(=O)N3CCCC[C@H]3C(N)=O)c(C)c2c1. The fraction of sp³-hybridized carbons (Fsp3) is 0.444. The number of likely N-dealkylation sites (tertiary alicyclic amines) is 1. The Bertz CT molecular complexity index is 781. The summed E-state index contributed by atoms with van der Waals surface area (Å²) in [7, 11) is 0. The predicted molar refractivity (Wildman–Crippen MR) is 90.0 cm³/mol. The van der Waals surface area contributed by atoms with E-state index in [1.54, 1.807) is 11.0 Å². The third-order valence-electron chi connectivity index (χ3n) is 4.50. The quantitative estimate of drug-likeness (QED) is 0.933. The fourth-order valence-corrected chi connectivity index (χ4v) is 3.26. The van der Waals surface area contributed by atoms with Crippen molar-refractivity contribution in [3.8, 4) is 5.75 Å². The average molecular weight is 330 g/mol. The van der Waals surface area contributed by atoms with Gasteiger partial charge in [0.15, 0.2) is 5.76 Å². The number of amides is 2. The van der Waals surface area contributed by atoms with Gasteiger partial charge in [-0.25, -0.2) is 0 Å². The second kappa shape index (κ2) is 6.55. The molecule has 1 aliphatic heterocycles. The summed E-state index contributed by atoms with van der Waals surface area (Å²) in [6.45, 7) is 4.86. The highest BCUT2D eigenvalue weighted by atomic mass is 16.5. The Morgan fingerprint density at radius 3 is 2.88 bits per heavy atom. The lowest BCUT2D eigenvalue weighted by atomic mass is 10.0. The van der Waals surface area contributed by atoms with Gasteiger partial charge in [-0.1, -0.05) is 0 Å². The largest absolute Gasteiger partial charge is 0.494 e. The molecule has 2 heterocycles. The van der Waals surface area contributed by atoms with E-state index in [1.165, 1.54) is 0 Å². The zero-order valence-electron chi connectivity index (χ0n) is 14.0. The second-order valence-corrected chi connectivity index (χ2v) is 6.06. The zero-order valence-corrected chi connectivity index (χ0v) is 14.0. The van der Waals surface area contributed by atoms with Gasteiger partial charge >= 0.3 is 0 Å². The molecule has 6 nitrogen and oxygen atoms in total. The number of primary amides is 1. The summed E-state index contributed by atoms with van der Waals surface area (Å²) < 4.78 is 11.3. The molecule has 1 saturated heterocycles. The minimum absolute atomic E-state index is 0.270. The molecule has 0 unspecified atom stereocenters. The summed E-state index contributed by atoms with van der Waals surface area (Å²) >= 11 is 0. The molecule has 24 heavy (non-hydrogen) atoms. The van der Waals surface area contributed by atoms with Crippen LogP contribution in [0.25, 0.3) is 11.0 Å². The Morgan fingerprint density at radius 1 is 1.38 bits per heavy atom. The number of fused-ring (bicyclic) bond motifs is 1. The molecule has 6 heteroatoms. The number of ether oxygens (including phenoxy) is 1. The minimum atomic E-state index is -0.558. The molecule has 1 aromatic heterocycles. The molecule has 0 aliphatic carbocycles. The Hall–Kier alpha value is -2.50. The molecular weight excluding hydrogens is 308 g/mol. The Balaban J connectivity index is 1.97. The van der Waals surface area contributed by atoms with Crippen LogP contribution in [0.1, 0.15) is 42.3 Å². The first kappa shape index (κ1) is 16.4. The smallest absolute Gasteiger partial charge is 0.290 e. The van der Waals surface area contributed by atoms with Crippen molar-refractivity contribution < 1.29 is 18.7 Å². The maximum Gasteiger partial charge on any atom is 0.290 e. The number of carbonyl (C=O) groups is 2. The van der Waals surface area contributed by atoms with Crippen LogP contribution < -0.4 is 10.5 Å². The van der Waals surface area contributed by atoms with E-state index < -0.39 is 11.9 Å². The topological polar surface area (TPSA) is 85.8 Å². The normalized spacial score (nSPS) is 17.9. The Morgan fingerprint density at radius 2 is 2.17 bits per heavy atom. The van der Waals surface area contributed by atoms with Crippen LogP contribution in [0.2, 0.25) is 0 Å². The van der Waals surface area contributed by atoms with E-state index in [0.717, 1.165) is 29.5 Å². The van der Waals surface area contributed by atoms with Crippen LogP contribution in [-0.2, 0) is 4.79 Å². The first-order valence-electron chi connectivity index (χ1n) is 8.29. The van der Waals surface area contributed by atoms with E-state index in [4.69, 9.17) is 14.9 Å².